The van der Waals surface area contributed by atoms with E-state index in [0.717, 1.165) is 51.7 Å². The molecule has 3 aliphatic rings. The van der Waals surface area contributed by atoms with Crippen molar-refractivity contribution in [3.8, 4) is 0 Å². The van der Waals surface area contributed by atoms with Crippen LogP contribution in [-0.2, 0) is 11.8 Å². The van der Waals surface area contributed by atoms with Crippen LogP contribution >= 0.6 is 0 Å². The van der Waals surface area contributed by atoms with Gasteiger partial charge in [0.05, 0.1) is 18.4 Å². The zero-order chi connectivity index (χ0) is 16.7. The summed E-state index contributed by atoms with van der Waals surface area (Å²) in [5.41, 5.74) is 0.901. The molecule has 1 saturated carbocycles. The fraction of sp³-hybridized carbons (Fsp3) is 0.778. The van der Waals surface area contributed by atoms with Gasteiger partial charge < -0.3 is 14.5 Å². The Labute approximate surface area is 143 Å². The Bertz CT molecular complexity index is 612. The van der Waals surface area contributed by atoms with Gasteiger partial charge in [0.25, 0.3) is 5.91 Å². The van der Waals surface area contributed by atoms with Crippen LogP contribution in [0.15, 0.2) is 12.4 Å². The first-order chi connectivity index (χ1) is 11.6. The Morgan fingerprint density at radius 2 is 2.17 bits per heavy atom. The van der Waals surface area contributed by atoms with Crippen molar-refractivity contribution in [2.75, 3.05) is 46.4 Å². The normalized spacial score (nSPS) is 30.6. The molecule has 2 atom stereocenters. The van der Waals surface area contributed by atoms with Gasteiger partial charge in [-0.25, -0.2) is 0 Å². The molecule has 1 spiro atoms. The molecule has 1 amide bonds. The number of nitrogens with zero attached hydrogens (tertiary/aromatic N) is 4. The molecule has 1 aromatic heterocycles. The van der Waals surface area contributed by atoms with Crippen LogP contribution < -0.4 is 0 Å². The summed E-state index contributed by atoms with van der Waals surface area (Å²) in [6.07, 6.45) is 7.24. The summed E-state index contributed by atoms with van der Waals surface area (Å²) < 4.78 is 7.71. The smallest absolute Gasteiger partial charge is 0.257 e. The van der Waals surface area contributed by atoms with Crippen LogP contribution in [-0.4, -0.2) is 71.9 Å². The van der Waals surface area contributed by atoms with Gasteiger partial charge in [-0.3, -0.25) is 9.48 Å². The molecule has 6 nitrogen and oxygen atoms in total. The molecular formula is C18H28N4O2. The molecule has 0 radical (unpaired) electrons. The molecule has 0 unspecified atom stereocenters. The molecular weight excluding hydrogens is 304 g/mol. The van der Waals surface area contributed by atoms with E-state index in [2.05, 4.69) is 17.0 Å². The molecule has 0 bridgehead atoms. The van der Waals surface area contributed by atoms with Crippen molar-refractivity contribution in [3.05, 3.63) is 18.0 Å². The van der Waals surface area contributed by atoms with Gasteiger partial charge >= 0.3 is 0 Å². The highest BCUT2D eigenvalue weighted by molar-refractivity contribution is 5.94. The minimum atomic E-state index is 0.118. The number of amides is 1. The van der Waals surface area contributed by atoms with Crippen LogP contribution in [0, 0.1) is 17.3 Å². The van der Waals surface area contributed by atoms with E-state index in [4.69, 9.17) is 4.74 Å². The van der Waals surface area contributed by atoms with Gasteiger partial charge in [0.1, 0.15) is 0 Å². The monoisotopic (exact) mass is 332 g/mol. The maximum absolute atomic E-state index is 12.7. The number of hydrogen-bond donors (Lipinski definition) is 0. The third-order valence-corrected chi connectivity index (χ3v) is 5.98. The van der Waals surface area contributed by atoms with Crippen molar-refractivity contribution in [2.24, 2.45) is 24.3 Å². The van der Waals surface area contributed by atoms with Crippen LogP contribution in [0.3, 0.4) is 0 Å². The molecule has 0 N–H and O–H groups in total. The first kappa shape index (κ1) is 16.1. The molecule has 1 aliphatic carbocycles. The average molecular weight is 332 g/mol. The summed E-state index contributed by atoms with van der Waals surface area (Å²) >= 11 is 0. The molecule has 3 heterocycles. The Kier molecular flexibility index (Phi) is 4.12. The van der Waals surface area contributed by atoms with Crippen molar-refractivity contribution in [1.82, 2.24) is 19.6 Å². The van der Waals surface area contributed by atoms with E-state index in [0.29, 0.717) is 11.5 Å². The number of hydrogen-bond acceptors (Lipinski definition) is 4. The summed E-state index contributed by atoms with van der Waals surface area (Å²) in [7, 11) is 4.04. The molecule has 2 aliphatic heterocycles. The van der Waals surface area contributed by atoms with Crippen molar-refractivity contribution in [1.29, 1.82) is 0 Å². The molecule has 6 heteroatoms. The number of aryl methyl sites for hydroxylation is 1. The second-order valence-corrected chi connectivity index (χ2v) is 8.12. The van der Waals surface area contributed by atoms with Crippen LogP contribution in [0.1, 0.15) is 29.6 Å². The van der Waals surface area contributed by atoms with Gasteiger partial charge in [-0.05, 0) is 32.2 Å². The minimum Gasteiger partial charge on any atom is -0.381 e. The topological polar surface area (TPSA) is 50.6 Å². The second-order valence-electron chi connectivity index (χ2n) is 8.12. The predicted octanol–water partition coefficient (Wildman–Crippen LogP) is 1.24. The first-order valence-electron chi connectivity index (χ1n) is 9.10. The third-order valence-electron chi connectivity index (χ3n) is 5.98. The molecule has 4 rings (SSSR count). The summed E-state index contributed by atoms with van der Waals surface area (Å²) in [4.78, 5) is 17.2. The van der Waals surface area contributed by atoms with E-state index in [1.807, 2.05) is 18.1 Å². The molecule has 2 saturated heterocycles. The summed E-state index contributed by atoms with van der Waals surface area (Å²) in [5, 5.41) is 4.13. The SMILES string of the molecule is CN1C[C@@H](COCC2CC2)[C@@]2(CCN(C(=O)c3cnn(C)c3)C2)C1. The van der Waals surface area contributed by atoms with Gasteiger partial charge in [-0.2, -0.15) is 5.10 Å². The Morgan fingerprint density at radius 3 is 2.88 bits per heavy atom. The zero-order valence-electron chi connectivity index (χ0n) is 14.8. The molecule has 24 heavy (non-hydrogen) atoms. The second kappa shape index (κ2) is 6.15. The fourth-order valence-corrected chi connectivity index (χ4v) is 4.44. The lowest BCUT2D eigenvalue weighted by molar-refractivity contribution is 0.0530. The van der Waals surface area contributed by atoms with Gasteiger partial charge in [0, 0.05) is 57.4 Å². The predicted molar refractivity (Wildman–Crippen MR) is 90.7 cm³/mol. The number of likely N-dealkylation sites (tertiary alicyclic amines) is 2. The number of carbonyl (C=O) groups is 1. The number of aromatic nitrogens is 2. The van der Waals surface area contributed by atoms with Crippen molar-refractivity contribution in [3.63, 3.8) is 0 Å². The van der Waals surface area contributed by atoms with E-state index in [1.54, 1.807) is 10.9 Å². The third kappa shape index (κ3) is 3.09. The highest BCUT2D eigenvalue weighted by atomic mass is 16.5. The number of carbonyl (C=O) groups excluding carboxylic acids is 1. The van der Waals surface area contributed by atoms with Crippen LogP contribution in [0.2, 0.25) is 0 Å². The van der Waals surface area contributed by atoms with E-state index >= 15 is 0 Å². The fourth-order valence-electron chi connectivity index (χ4n) is 4.44. The molecule has 1 aromatic rings. The lowest BCUT2D eigenvalue weighted by atomic mass is 9.77. The van der Waals surface area contributed by atoms with Crippen LogP contribution in [0.25, 0.3) is 0 Å². The Balaban J connectivity index is 1.41. The average Bonchev–Trinajstić information content (AvgIpc) is 2.98. The van der Waals surface area contributed by atoms with Crippen molar-refractivity contribution in [2.45, 2.75) is 19.3 Å². The van der Waals surface area contributed by atoms with Crippen LogP contribution in [0.5, 0.6) is 0 Å². The molecule has 132 valence electrons. The van der Waals surface area contributed by atoms with Gasteiger partial charge in [0.15, 0.2) is 0 Å². The van der Waals surface area contributed by atoms with Crippen molar-refractivity contribution < 1.29 is 9.53 Å². The van der Waals surface area contributed by atoms with E-state index in [1.165, 1.54) is 12.8 Å². The zero-order valence-corrected chi connectivity index (χ0v) is 14.8. The summed E-state index contributed by atoms with van der Waals surface area (Å²) in [5.74, 6) is 1.47. The van der Waals surface area contributed by atoms with E-state index < -0.39 is 0 Å². The number of ether oxygens (including phenoxy) is 1. The van der Waals surface area contributed by atoms with Gasteiger partial charge in [-0.1, -0.05) is 0 Å². The lowest BCUT2D eigenvalue weighted by Crippen LogP contribution is -2.38. The molecule has 3 fully saturated rings. The number of rotatable bonds is 5. The highest BCUT2D eigenvalue weighted by Gasteiger charge is 2.50. The standard InChI is InChI=1S/C18H28N4O2/c1-20-9-16(11-24-10-14-3-4-14)18(12-20)5-6-22(13-18)17(23)15-7-19-21(2)8-15/h7-8,14,16H,3-6,9-13H2,1-2H3/t16-,18-/m0/s1. The maximum atomic E-state index is 12.7. The summed E-state index contributed by atoms with van der Waals surface area (Å²) in [6, 6.07) is 0. The largest absolute Gasteiger partial charge is 0.381 e. The molecule has 0 aromatic carbocycles. The van der Waals surface area contributed by atoms with E-state index in [9.17, 15) is 4.79 Å². The van der Waals surface area contributed by atoms with Crippen LogP contribution in [0.4, 0.5) is 0 Å². The maximum Gasteiger partial charge on any atom is 0.257 e. The first-order valence-corrected chi connectivity index (χ1v) is 9.10. The highest BCUT2D eigenvalue weighted by Crippen LogP contribution is 2.44. The van der Waals surface area contributed by atoms with Gasteiger partial charge in [-0.15, -0.1) is 0 Å². The van der Waals surface area contributed by atoms with Crippen molar-refractivity contribution >= 4 is 5.91 Å². The van der Waals surface area contributed by atoms with Gasteiger partial charge in [0.2, 0.25) is 0 Å². The Hall–Kier alpha value is -1.40. The minimum absolute atomic E-state index is 0.118. The lowest BCUT2D eigenvalue weighted by Gasteiger charge is -2.30. The quantitative estimate of drug-likeness (QED) is 0.814. The van der Waals surface area contributed by atoms with E-state index in [-0.39, 0.29) is 11.3 Å². The Morgan fingerprint density at radius 1 is 1.33 bits per heavy atom. The summed E-state index contributed by atoms with van der Waals surface area (Å²) in [6.45, 7) is 5.62.